The lowest BCUT2D eigenvalue weighted by molar-refractivity contribution is -0.130. The molecule has 1 N–H and O–H groups in total. The van der Waals surface area contributed by atoms with Crippen molar-refractivity contribution in [2.24, 2.45) is 0 Å². The average Bonchev–Trinajstić information content (AvgIpc) is 3.19. The van der Waals surface area contributed by atoms with Crippen LogP contribution in [0.3, 0.4) is 0 Å². The number of thioether (sulfide) groups is 1. The van der Waals surface area contributed by atoms with Crippen LogP contribution in [-0.2, 0) is 17.0 Å². The molecule has 1 atom stereocenters. The highest BCUT2D eigenvalue weighted by molar-refractivity contribution is 7.99. The number of fused-ring (bicyclic) bond motifs is 3. The van der Waals surface area contributed by atoms with Crippen LogP contribution in [0.2, 0.25) is 0 Å². The minimum atomic E-state index is -0.244. The number of rotatable bonds is 5. The Morgan fingerprint density at radius 3 is 2.77 bits per heavy atom. The van der Waals surface area contributed by atoms with Crippen LogP contribution in [0, 0.1) is 5.82 Å². The molecular formula is C25H22FN3OS. The van der Waals surface area contributed by atoms with Gasteiger partial charge in [-0.3, -0.25) is 9.78 Å². The summed E-state index contributed by atoms with van der Waals surface area (Å²) in [5.41, 5.74) is 5.48. The van der Waals surface area contributed by atoms with Crippen molar-refractivity contribution in [1.29, 1.82) is 0 Å². The predicted octanol–water partition coefficient (Wildman–Crippen LogP) is 5.11. The third-order valence-corrected chi connectivity index (χ3v) is 6.75. The van der Waals surface area contributed by atoms with Gasteiger partial charge < -0.3 is 9.88 Å². The highest BCUT2D eigenvalue weighted by Crippen LogP contribution is 2.38. The molecule has 4 nitrogen and oxygen atoms in total. The summed E-state index contributed by atoms with van der Waals surface area (Å²) in [4.78, 5) is 23.1. The molecule has 1 aliphatic heterocycles. The van der Waals surface area contributed by atoms with Crippen molar-refractivity contribution in [3.05, 3.63) is 101 Å². The van der Waals surface area contributed by atoms with E-state index in [1.165, 1.54) is 23.1 Å². The van der Waals surface area contributed by atoms with E-state index >= 15 is 0 Å². The van der Waals surface area contributed by atoms with Gasteiger partial charge in [0.2, 0.25) is 5.91 Å². The molecule has 0 bridgehead atoms. The van der Waals surface area contributed by atoms with Crippen molar-refractivity contribution in [3.8, 4) is 0 Å². The van der Waals surface area contributed by atoms with Crippen molar-refractivity contribution >= 4 is 28.6 Å². The molecule has 0 aliphatic carbocycles. The van der Waals surface area contributed by atoms with Crippen molar-refractivity contribution in [2.45, 2.75) is 18.2 Å². The number of carbonyl (C=O) groups is 1. The number of aromatic nitrogens is 2. The van der Waals surface area contributed by atoms with Crippen molar-refractivity contribution in [1.82, 2.24) is 14.9 Å². The van der Waals surface area contributed by atoms with E-state index in [1.54, 1.807) is 30.1 Å². The van der Waals surface area contributed by atoms with Gasteiger partial charge >= 0.3 is 0 Å². The van der Waals surface area contributed by atoms with Crippen molar-refractivity contribution in [2.75, 3.05) is 12.3 Å². The number of hydrogen-bond donors (Lipinski definition) is 1. The number of aromatic amines is 1. The Morgan fingerprint density at radius 1 is 1.13 bits per heavy atom. The second-order valence-corrected chi connectivity index (χ2v) is 8.69. The topological polar surface area (TPSA) is 49.0 Å². The molecule has 1 amide bonds. The zero-order chi connectivity index (χ0) is 21.2. The standard InChI is InChI=1S/C25H22FN3OS/c26-19-9-7-17(8-10-19)15-31-16-23(30)29-13-11-21-20-5-1-2-6-22(20)28-24(21)25(29)18-4-3-12-27-14-18/h1-10,12,14,25,28H,11,13,15-16H2/t25-/m1/s1. The Morgan fingerprint density at radius 2 is 1.97 bits per heavy atom. The van der Waals surface area contributed by atoms with Crippen LogP contribution < -0.4 is 0 Å². The van der Waals surface area contributed by atoms with Gasteiger partial charge in [0, 0.05) is 41.3 Å². The van der Waals surface area contributed by atoms with E-state index in [4.69, 9.17) is 0 Å². The van der Waals surface area contributed by atoms with Crippen LogP contribution in [0.25, 0.3) is 10.9 Å². The van der Waals surface area contributed by atoms with Gasteiger partial charge in [0.05, 0.1) is 11.8 Å². The predicted molar refractivity (Wildman–Crippen MR) is 122 cm³/mol. The summed E-state index contributed by atoms with van der Waals surface area (Å²) in [7, 11) is 0. The molecular weight excluding hydrogens is 409 g/mol. The van der Waals surface area contributed by atoms with Crippen LogP contribution in [0.1, 0.15) is 28.4 Å². The molecule has 3 heterocycles. The summed E-state index contributed by atoms with van der Waals surface area (Å²) in [6.07, 6.45) is 4.42. The maximum Gasteiger partial charge on any atom is 0.233 e. The Bertz CT molecular complexity index is 1210. The van der Waals surface area contributed by atoms with Gasteiger partial charge in [-0.25, -0.2) is 4.39 Å². The SMILES string of the molecule is O=C(CSCc1ccc(F)cc1)N1CCc2c([nH]c3ccccc23)[C@H]1c1cccnc1. The van der Waals surface area contributed by atoms with Crippen LogP contribution in [0.4, 0.5) is 4.39 Å². The lowest BCUT2D eigenvalue weighted by Crippen LogP contribution is -2.41. The first-order valence-electron chi connectivity index (χ1n) is 10.3. The number of H-pyrrole nitrogens is 1. The van der Waals surface area contributed by atoms with Crippen molar-refractivity contribution in [3.63, 3.8) is 0 Å². The van der Waals surface area contributed by atoms with Crippen LogP contribution in [0.15, 0.2) is 73.1 Å². The Kier molecular flexibility index (Phi) is 5.47. The smallest absolute Gasteiger partial charge is 0.233 e. The number of amides is 1. The minimum Gasteiger partial charge on any atom is -0.356 e. The third kappa shape index (κ3) is 3.95. The zero-order valence-corrected chi connectivity index (χ0v) is 17.7. The molecule has 4 aromatic rings. The van der Waals surface area contributed by atoms with Crippen molar-refractivity contribution < 1.29 is 9.18 Å². The molecule has 156 valence electrons. The number of para-hydroxylation sites is 1. The normalized spacial score (nSPS) is 15.8. The van der Waals surface area contributed by atoms with E-state index in [9.17, 15) is 9.18 Å². The number of benzene rings is 2. The summed E-state index contributed by atoms with van der Waals surface area (Å²) >= 11 is 1.56. The number of pyridine rings is 1. The van der Waals surface area contributed by atoms with E-state index in [2.05, 4.69) is 28.2 Å². The van der Waals surface area contributed by atoms with Crippen LogP contribution in [0.5, 0.6) is 0 Å². The molecule has 0 spiro atoms. The summed E-state index contributed by atoms with van der Waals surface area (Å²) in [5.74, 6) is 0.913. The summed E-state index contributed by atoms with van der Waals surface area (Å²) in [6, 6.07) is 18.5. The molecule has 2 aromatic heterocycles. The van der Waals surface area contributed by atoms with E-state index in [1.807, 2.05) is 29.3 Å². The Balaban J connectivity index is 1.40. The second-order valence-electron chi connectivity index (χ2n) is 7.71. The first-order valence-corrected chi connectivity index (χ1v) is 11.5. The molecule has 6 heteroatoms. The minimum absolute atomic E-state index is 0.102. The van der Waals surface area contributed by atoms with Gasteiger partial charge in [0.1, 0.15) is 5.82 Å². The number of halogens is 1. The van der Waals surface area contributed by atoms with Gasteiger partial charge in [-0.1, -0.05) is 36.4 Å². The van der Waals surface area contributed by atoms with E-state index < -0.39 is 0 Å². The van der Waals surface area contributed by atoms with Crippen LogP contribution in [-0.4, -0.2) is 33.1 Å². The monoisotopic (exact) mass is 431 g/mol. The summed E-state index contributed by atoms with van der Waals surface area (Å²) in [6.45, 7) is 0.671. The van der Waals surface area contributed by atoms with Gasteiger partial charge in [-0.15, -0.1) is 11.8 Å². The average molecular weight is 432 g/mol. The number of carbonyl (C=O) groups excluding carboxylic acids is 1. The number of hydrogen-bond acceptors (Lipinski definition) is 3. The number of nitrogens with one attached hydrogen (secondary N) is 1. The largest absolute Gasteiger partial charge is 0.356 e. The lowest BCUT2D eigenvalue weighted by atomic mass is 9.93. The molecule has 0 radical (unpaired) electrons. The highest BCUT2D eigenvalue weighted by atomic mass is 32.2. The zero-order valence-electron chi connectivity index (χ0n) is 16.9. The van der Waals surface area contributed by atoms with Gasteiger partial charge in [-0.2, -0.15) is 0 Å². The molecule has 0 unspecified atom stereocenters. The van der Waals surface area contributed by atoms with E-state index in [0.29, 0.717) is 18.1 Å². The first-order chi connectivity index (χ1) is 15.2. The first kappa shape index (κ1) is 19.8. The fraction of sp³-hybridized carbons (Fsp3) is 0.200. The highest BCUT2D eigenvalue weighted by Gasteiger charge is 2.34. The lowest BCUT2D eigenvalue weighted by Gasteiger charge is -2.36. The summed E-state index contributed by atoms with van der Waals surface area (Å²) in [5, 5.41) is 1.23. The fourth-order valence-electron chi connectivity index (χ4n) is 4.31. The maximum atomic E-state index is 13.3. The molecule has 0 saturated heterocycles. The quantitative estimate of drug-likeness (QED) is 0.478. The van der Waals surface area contributed by atoms with Gasteiger partial charge in [0.25, 0.3) is 0 Å². The second kappa shape index (κ2) is 8.55. The third-order valence-electron chi connectivity index (χ3n) is 5.76. The molecule has 5 rings (SSSR count). The van der Waals surface area contributed by atoms with Gasteiger partial charge in [0.15, 0.2) is 0 Å². The van der Waals surface area contributed by atoms with E-state index in [-0.39, 0.29) is 17.8 Å². The molecule has 0 saturated carbocycles. The summed E-state index contributed by atoms with van der Waals surface area (Å²) < 4.78 is 13.1. The molecule has 1 aliphatic rings. The van der Waals surface area contributed by atoms with Crippen LogP contribution >= 0.6 is 11.8 Å². The molecule has 0 fully saturated rings. The Labute approximate surface area is 184 Å². The molecule has 31 heavy (non-hydrogen) atoms. The van der Waals surface area contributed by atoms with Gasteiger partial charge in [-0.05, 0) is 47.4 Å². The Hall–Kier alpha value is -3.12. The number of nitrogens with zero attached hydrogens (tertiary/aromatic N) is 2. The maximum absolute atomic E-state index is 13.3. The fourth-order valence-corrected chi connectivity index (χ4v) is 5.18. The molecule has 2 aromatic carbocycles. The van der Waals surface area contributed by atoms with E-state index in [0.717, 1.165) is 28.8 Å².